The highest BCUT2D eigenvalue weighted by molar-refractivity contribution is 5.43. The summed E-state index contributed by atoms with van der Waals surface area (Å²) in [6, 6.07) is 6.83. The van der Waals surface area contributed by atoms with Crippen molar-refractivity contribution >= 4 is 0 Å². The molecule has 2 aliphatic rings. The Morgan fingerprint density at radius 2 is 2.00 bits per heavy atom. The largest absolute Gasteiger partial charge is 0.490 e. The third-order valence-electron chi connectivity index (χ3n) is 3.97. The summed E-state index contributed by atoms with van der Waals surface area (Å²) in [5.41, 5.74) is 7.11. The lowest BCUT2D eigenvalue weighted by molar-refractivity contribution is 0.249. The number of ether oxygens (including phenoxy) is 2. The van der Waals surface area contributed by atoms with Crippen LogP contribution in [0.4, 0.5) is 0 Å². The van der Waals surface area contributed by atoms with Crippen LogP contribution in [-0.2, 0) is 6.54 Å². The van der Waals surface area contributed by atoms with Gasteiger partial charge in [0.1, 0.15) is 0 Å². The van der Waals surface area contributed by atoms with Crippen LogP contribution in [0, 0.1) is 0 Å². The molecule has 1 aromatic rings. The standard InChI is InChI=1S/C15H22N2O2/c16-10-13-3-1-6-17(13)11-12-4-5-14-15(9-12)19-8-2-7-18-14/h4-5,9,13H,1-3,6-8,10-11,16H2. The van der Waals surface area contributed by atoms with Gasteiger partial charge in [0, 0.05) is 25.6 Å². The number of benzene rings is 1. The minimum absolute atomic E-state index is 0.538. The summed E-state index contributed by atoms with van der Waals surface area (Å²) in [6.07, 6.45) is 3.43. The fourth-order valence-corrected chi connectivity index (χ4v) is 2.91. The number of nitrogens with two attached hydrogens (primary N) is 1. The van der Waals surface area contributed by atoms with Crippen LogP contribution in [-0.4, -0.2) is 37.2 Å². The SMILES string of the molecule is NCC1CCCN1Cc1ccc2c(c1)OCCCO2. The molecule has 0 aromatic heterocycles. The highest BCUT2D eigenvalue weighted by Gasteiger charge is 2.23. The lowest BCUT2D eigenvalue weighted by Crippen LogP contribution is -2.34. The average Bonchev–Trinajstić information content (AvgIpc) is 2.74. The minimum Gasteiger partial charge on any atom is -0.490 e. The summed E-state index contributed by atoms with van der Waals surface area (Å²) in [6.45, 7) is 4.35. The Labute approximate surface area is 114 Å². The summed E-state index contributed by atoms with van der Waals surface area (Å²) in [5.74, 6) is 1.76. The van der Waals surface area contributed by atoms with E-state index < -0.39 is 0 Å². The van der Waals surface area contributed by atoms with Crippen molar-refractivity contribution in [2.75, 3.05) is 26.3 Å². The highest BCUT2D eigenvalue weighted by Crippen LogP contribution is 2.31. The molecule has 1 saturated heterocycles. The molecule has 0 bridgehead atoms. The van der Waals surface area contributed by atoms with E-state index in [2.05, 4.69) is 17.0 Å². The first-order chi connectivity index (χ1) is 9.36. The van der Waals surface area contributed by atoms with Crippen molar-refractivity contribution in [1.82, 2.24) is 4.90 Å². The summed E-state index contributed by atoms with van der Waals surface area (Å²) in [4.78, 5) is 2.47. The topological polar surface area (TPSA) is 47.7 Å². The molecule has 4 nitrogen and oxygen atoms in total. The predicted octanol–water partition coefficient (Wildman–Crippen LogP) is 1.77. The molecule has 3 rings (SSSR count). The predicted molar refractivity (Wildman–Crippen MR) is 74.5 cm³/mol. The van der Waals surface area contributed by atoms with E-state index in [0.717, 1.165) is 50.8 Å². The molecule has 1 atom stereocenters. The van der Waals surface area contributed by atoms with E-state index in [1.54, 1.807) is 0 Å². The monoisotopic (exact) mass is 262 g/mol. The van der Waals surface area contributed by atoms with Crippen LogP contribution in [0.3, 0.4) is 0 Å². The first-order valence-corrected chi connectivity index (χ1v) is 7.19. The van der Waals surface area contributed by atoms with E-state index in [4.69, 9.17) is 15.2 Å². The molecule has 0 saturated carbocycles. The van der Waals surface area contributed by atoms with E-state index in [9.17, 15) is 0 Å². The molecule has 19 heavy (non-hydrogen) atoms. The molecule has 2 aliphatic heterocycles. The Kier molecular flexibility index (Phi) is 3.89. The molecular weight excluding hydrogens is 240 g/mol. The van der Waals surface area contributed by atoms with Gasteiger partial charge in [0.25, 0.3) is 0 Å². The Balaban J connectivity index is 1.73. The second-order valence-corrected chi connectivity index (χ2v) is 5.33. The van der Waals surface area contributed by atoms with Gasteiger partial charge in [-0.1, -0.05) is 6.07 Å². The van der Waals surface area contributed by atoms with Crippen molar-refractivity contribution in [3.63, 3.8) is 0 Å². The van der Waals surface area contributed by atoms with E-state index in [1.807, 2.05) is 6.07 Å². The Hall–Kier alpha value is -1.26. The van der Waals surface area contributed by atoms with E-state index in [0.29, 0.717) is 6.04 Å². The number of hydrogen-bond acceptors (Lipinski definition) is 4. The third-order valence-corrected chi connectivity index (χ3v) is 3.97. The van der Waals surface area contributed by atoms with Gasteiger partial charge < -0.3 is 15.2 Å². The number of fused-ring (bicyclic) bond motifs is 1. The molecule has 1 aromatic carbocycles. The normalized spacial score (nSPS) is 23.3. The van der Waals surface area contributed by atoms with Crippen molar-refractivity contribution in [2.45, 2.75) is 31.8 Å². The highest BCUT2D eigenvalue weighted by atomic mass is 16.5. The maximum Gasteiger partial charge on any atom is 0.161 e. The summed E-state index contributed by atoms with van der Waals surface area (Å²) >= 11 is 0. The Morgan fingerprint density at radius 3 is 2.84 bits per heavy atom. The fraction of sp³-hybridized carbons (Fsp3) is 0.600. The van der Waals surface area contributed by atoms with Crippen LogP contribution >= 0.6 is 0 Å². The molecule has 4 heteroatoms. The molecule has 0 amide bonds. The van der Waals surface area contributed by atoms with Gasteiger partial charge >= 0.3 is 0 Å². The number of nitrogens with zero attached hydrogens (tertiary/aromatic N) is 1. The number of hydrogen-bond donors (Lipinski definition) is 1. The lowest BCUT2D eigenvalue weighted by Gasteiger charge is -2.23. The Morgan fingerprint density at radius 1 is 1.16 bits per heavy atom. The van der Waals surface area contributed by atoms with Crippen LogP contribution in [0.1, 0.15) is 24.8 Å². The molecule has 2 heterocycles. The van der Waals surface area contributed by atoms with Gasteiger partial charge in [0.05, 0.1) is 13.2 Å². The average molecular weight is 262 g/mol. The molecule has 0 aliphatic carbocycles. The maximum atomic E-state index is 5.82. The second-order valence-electron chi connectivity index (χ2n) is 5.33. The van der Waals surface area contributed by atoms with Gasteiger partial charge in [-0.15, -0.1) is 0 Å². The van der Waals surface area contributed by atoms with Gasteiger partial charge in [-0.3, -0.25) is 4.90 Å². The second kappa shape index (κ2) is 5.80. The van der Waals surface area contributed by atoms with Gasteiger partial charge in [0.15, 0.2) is 11.5 Å². The third kappa shape index (κ3) is 2.85. The molecule has 1 fully saturated rings. The van der Waals surface area contributed by atoms with E-state index in [-0.39, 0.29) is 0 Å². The summed E-state index contributed by atoms with van der Waals surface area (Å²) in [7, 11) is 0. The zero-order valence-electron chi connectivity index (χ0n) is 11.3. The van der Waals surface area contributed by atoms with E-state index >= 15 is 0 Å². The van der Waals surface area contributed by atoms with Gasteiger partial charge in [-0.05, 0) is 37.1 Å². The number of rotatable bonds is 3. The van der Waals surface area contributed by atoms with Crippen molar-refractivity contribution in [2.24, 2.45) is 5.73 Å². The van der Waals surface area contributed by atoms with Gasteiger partial charge in [0.2, 0.25) is 0 Å². The van der Waals surface area contributed by atoms with E-state index in [1.165, 1.54) is 18.4 Å². The molecule has 0 spiro atoms. The molecule has 2 N–H and O–H groups in total. The molecular formula is C15H22N2O2. The number of likely N-dealkylation sites (tertiary alicyclic amines) is 1. The van der Waals surface area contributed by atoms with Crippen LogP contribution < -0.4 is 15.2 Å². The fourth-order valence-electron chi connectivity index (χ4n) is 2.91. The van der Waals surface area contributed by atoms with Crippen LogP contribution in [0.2, 0.25) is 0 Å². The van der Waals surface area contributed by atoms with Crippen LogP contribution in [0.5, 0.6) is 11.5 Å². The smallest absolute Gasteiger partial charge is 0.161 e. The van der Waals surface area contributed by atoms with Gasteiger partial charge in [-0.25, -0.2) is 0 Å². The molecule has 0 radical (unpaired) electrons. The van der Waals surface area contributed by atoms with Crippen LogP contribution in [0.15, 0.2) is 18.2 Å². The maximum absolute atomic E-state index is 5.82. The zero-order valence-corrected chi connectivity index (χ0v) is 11.3. The quantitative estimate of drug-likeness (QED) is 0.902. The molecule has 1 unspecified atom stereocenters. The summed E-state index contributed by atoms with van der Waals surface area (Å²) in [5, 5.41) is 0. The lowest BCUT2D eigenvalue weighted by atomic mass is 10.1. The summed E-state index contributed by atoms with van der Waals surface area (Å²) < 4.78 is 11.4. The van der Waals surface area contributed by atoms with Crippen LogP contribution in [0.25, 0.3) is 0 Å². The Bertz CT molecular complexity index is 436. The van der Waals surface area contributed by atoms with Gasteiger partial charge in [-0.2, -0.15) is 0 Å². The zero-order chi connectivity index (χ0) is 13.1. The first-order valence-electron chi connectivity index (χ1n) is 7.19. The van der Waals surface area contributed by atoms with Crippen molar-refractivity contribution in [3.8, 4) is 11.5 Å². The van der Waals surface area contributed by atoms with Crippen molar-refractivity contribution in [1.29, 1.82) is 0 Å². The minimum atomic E-state index is 0.538. The van der Waals surface area contributed by atoms with Crippen molar-refractivity contribution < 1.29 is 9.47 Å². The van der Waals surface area contributed by atoms with Crippen molar-refractivity contribution in [3.05, 3.63) is 23.8 Å². The first kappa shape index (κ1) is 12.8. The molecule has 104 valence electrons.